The lowest BCUT2D eigenvalue weighted by Gasteiger charge is -2.08. The van der Waals surface area contributed by atoms with E-state index in [9.17, 15) is 9.18 Å². The van der Waals surface area contributed by atoms with Gasteiger partial charge in [-0.1, -0.05) is 6.07 Å². The highest BCUT2D eigenvalue weighted by atomic mass is 19.1. The monoisotopic (exact) mass is 257 g/mol. The van der Waals surface area contributed by atoms with Gasteiger partial charge >= 0.3 is 0 Å². The van der Waals surface area contributed by atoms with Crippen molar-refractivity contribution in [3.8, 4) is 0 Å². The molecule has 0 aliphatic rings. The number of nitrogens with zero attached hydrogens (tertiary/aromatic N) is 1. The van der Waals surface area contributed by atoms with Gasteiger partial charge in [0.1, 0.15) is 5.82 Å². The van der Waals surface area contributed by atoms with E-state index in [1.54, 1.807) is 19.3 Å². The van der Waals surface area contributed by atoms with Gasteiger partial charge < -0.3 is 0 Å². The number of aryl methyl sites for hydroxylation is 3. The van der Waals surface area contributed by atoms with E-state index >= 15 is 0 Å². The highest BCUT2D eigenvalue weighted by Crippen LogP contribution is 2.18. The standard InChI is InChI=1S/C16H16FNO/c1-11-9-12(2)16(14(17)10-11)15(19)4-3-13-5-7-18-8-6-13/h5-10H,3-4H2,1-2H3. The number of carbonyl (C=O) groups excluding carboxylic acids is 1. The van der Waals surface area contributed by atoms with Gasteiger partial charge in [-0.25, -0.2) is 4.39 Å². The van der Waals surface area contributed by atoms with Crippen LogP contribution >= 0.6 is 0 Å². The lowest BCUT2D eigenvalue weighted by atomic mass is 9.97. The Bertz CT molecular complexity index is 570. The van der Waals surface area contributed by atoms with Gasteiger partial charge in [-0.3, -0.25) is 9.78 Å². The molecule has 2 aromatic rings. The van der Waals surface area contributed by atoms with E-state index < -0.39 is 5.82 Å². The predicted octanol–water partition coefficient (Wildman–Crippen LogP) is 3.65. The molecule has 0 aliphatic heterocycles. The highest BCUT2D eigenvalue weighted by molar-refractivity contribution is 5.97. The molecule has 0 amide bonds. The zero-order valence-corrected chi connectivity index (χ0v) is 11.1. The van der Waals surface area contributed by atoms with Gasteiger partial charge in [-0.15, -0.1) is 0 Å². The van der Waals surface area contributed by atoms with E-state index in [0.29, 0.717) is 18.4 Å². The Morgan fingerprint density at radius 1 is 1.21 bits per heavy atom. The summed E-state index contributed by atoms with van der Waals surface area (Å²) in [6.45, 7) is 3.59. The molecule has 0 radical (unpaired) electrons. The molecule has 1 aromatic carbocycles. The maximum atomic E-state index is 13.9. The highest BCUT2D eigenvalue weighted by Gasteiger charge is 2.15. The lowest BCUT2D eigenvalue weighted by molar-refractivity contribution is 0.0978. The number of rotatable bonds is 4. The summed E-state index contributed by atoms with van der Waals surface area (Å²) < 4.78 is 13.9. The fraction of sp³-hybridized carbons (Fsp3) is 0.250. The molecule has 3 heteroatoms. The van der Waals surface area contributed by atoms with Crippen molar-refractivity contribution in [2.24, 2.45) is 0 Å². The van der Waals surface area contributed by atoms with Crippen molar-refractivity contribution < 1.29 is 9.18 Å². The third-order valence-electron chi connectivity index (χ3n) is 3.10. The Labute approximate surface area is 112 Å². The van der Waals surface area contributed by atoms with E-state index in [1.807, 2.05) is 25.1 Å². The van der Waals surface area contributed by atoms with Gasteiger partial charge in [-0.05, 0) is 55.2 Å². The van der Waals surface area contributed by atoms with Crippen LogP contribution in [-0.4, -0.2) is 10.8 Å². The SMILES string of the molecule is Cc1cc(C)c(C(=O)CCc2ccncc2)c(F)c1. The summed E-state index contributed by atoms with van der Waals surface area (Å²) in [5, 5.41) is 0. The number of hydrogen-bond acceptors (Lipinski definition) is 2. The first-order valence-electron chi connectivity index (χ1n) is 6.27. The molecule has 98 valence electrons. The smallest absolute Gasteiger partial charge is 0.166 e. The number of pyridine rings is 1. The first-order valence-corrected chi connectivity index (χ1v) is 6.27. The Hall–Kier alpha value is -2.03. The molecule has 1 heterocycles. The Balaban J connectivity index is 2.13. The van der Waals surface area contributed by atoms with Crippen LogP contribution in [-0.2, 0) is 6.42 Å². The lowest BCUT2D eigenvalue weighted by Crippen LogP contribution is -2.07. The fourth-order valence-corrected chi connectivity index (χ4v) is 2.20. The molecule has 19 heavy (non-hydrogen) atoms. The maximum Gasteiger partial charge on any atom is 0.166 e. The number of Topliss-reactive ketones (excluding diaryl/α,β-unsaturated/α-hetero) is 1. The first-order chi connectivity index (χ1) is 9.08. The topological polar surface area (TPSA) is 30.0 Å². The number of benzene rings is 1. The van der Waals surface area contributed by atoms with Crippen molar-refractivity contribution in [3.63, 3.8) is 0 Å². The van der Waals surface area contributed by atoms with E-state index in [1.165, 1.54) is 6.07 Å². The summed E-state index contributed by atoms with van der Waals surface area (Å²) in [4.78, 5) is 16.0. The van der Waals surface area contributed by atoms with Gasteiger partial charge in [0.05, 0.1) is 5.56 Å². The van der Waals surface area contributed by atoms with Gasteiger partial charge in [0.2, 0.25) is 0 Å². The molecule has 0 fully saturated rings. The van der Waals surface area contributed by atoms with E-state index in [4.69, 9.17) is 0 Å². The number of aromatic nitrogens is 1. The second kappa shape index (κ2) is 5.74. The van der Waals surface area contributed by atoms with Crippen molar-refractivity contribution >= 4 is 5.78 Å². The van der Waals surface area contributed by atoms with Crippen LogP contribution in [0.4, 0.5) is 4.39 Å². The van der Waals surface area contributed by atoms with Crippen molar-refractivity contribution in [3.05, 3.63) is 64.7 Å². The number of ketones is 1. The first kappa shape index (κ1) is 13.4. The molecule has 2 nitrogen and oxygen atoms in total. The third-order valence-corrected chi connectivity index (χ3v) is 3.10. The Morgan fingerprint density at radius 2 is 1.89 bits per heavy atom. The largest absolute Gasteiger partial charge is 0.294 e. The molecule has 0 bridgehead atoms. The van der Waals surface area contributed by atoms with E-state index in [2.05, 4.69) is 4.98 Å². The minimum Gasteiger partial charge on any atom is -0.294 e. The van der Waals surface area contributed by atoms with Crippen LogP contribution in [0.25, 0.3) is 0 Å². The molecule has 0 spiro atoms. The van der Waals surface area contributed by atoms with E-state index in [0.717, 1.165) is 11.1 Å². The molecule has 0 atom stereocenters. The van der Waals surface area contributed by atoms with Crippen molar-refractivity contribution in [1.29, 1.82) is 0 Å². The summed E-state index contributed by atoms with van der Waals surface area (Å²) in [6.07, 6.45) is 4.30. The molecule has 0 saturated carbocycles. The van der Waals surface area contributed by atoms with E-state index in [-0.39, 0.29) is 11.3 Å². The zero-order valence-electron chi connectivity index (χ0n) is 11.1. The molecule has 0 aliphatic carbocycles. The van der Waals surface area contributed by atoms with Crippen molar-refractivity contribution in [2.45, 2.75) is 26.7 Å². The number of halogens is 1. The molecule has 2 rings (SSSR count). The van der Waals surface area contributed by atoms with Crippen LogP contribution in [0.2, 0.25) is 0 Å². The molecular weight excluding hydrogens is 241 g/mol. The summed E-state index contributed by atoms with van der Waals surface area (Å²) in [6, 6.07) is 6.98. The third kappa shape index (κ3) is 3.25. The van der Waals surface area contributed by atoms with Crippen LogP contribution in [0.1, 0.15) is 33.5 Å². The minimum atomic E-state index is -0.419. The number of hydrogen-bond donors (Lipinski definition) is 0. The van der Waals surface area contributed by atoms with Crippen LogP contribution in [0, 0.1) is 19.7 Å². The van der Waals surface area contributed by atoms with Gasteiger partial charge in [0, 0.05) is 18.8 Å². The van der Waals surface area contributed by atoms with Crippen LogP contribution in [0.3, 0.4) is 0 Å². The second-order valence-corrected chi connectivity index (χ2v) is 4.72. The van der Waals surface area contributed by atoms with Crippen molar-refractivity contribution in [2.75, 3.05) is 0 Å². The summed E-state index contributed by atoms with van der Waals surface area (Å²) in [5.74, 6) is -0.566. The number of carbonyl (C=O) groups is 1. The van der Waals surface area contributed by atoms with Crippen LogP contribution in [0.15, 0.2) is 36.7 Å². The predicted molar refractivity (Wildman–Crippen MR) is 72.8 cm³/mol. The van der Waals surface area contributed by atoms with Gasteiger partial charge in [-0.2, -0.15) is 0 Å². The van der Waals surface area contributed by atoms with Gasteiger partial charge in [0.15, 0.2) is 5.78 Å². The fourth-order valence-electron chi connectivity index (χ4n) is 2.20. The summed E-state index contributed by atoms with van der Waals surface area (Å²) in [5.41, 5.74) is 2.80. The van der Waals surface area contributed by atoms with Gasteiger partial charge in [0.25, 0.3) is 0 Å². The average molecular weight is 257 g/mol. The Kier molecular flexibility index (Phi) is 4.05. The average Bonchev–Trinajstić information content (AvgIpc) is 2.36. The zero-order chi connectivity index (χ0) is 13.8. The summed E-state index contributed by atoms with van der Waals surface area (Å²) in [7, 11) is 0. The quantitative estimate of drug-likeness (QED) is 0.782. The second-order valence-electron chi connectivity index (χ2n) is 4.72. The molecule has 0 saturated heterocycles. The maximum absolute atomic E-state index is 13.9. The van der Waals surface area contributed by atoms with Crippen molar-refractivity contribution in [1.82, 2.24) is 4.98 Å². The Morgan fingerprint density at radius 3 is 2.53 bits per heavy atom. The molecule has 0 N–H and O–H groups in total. The van der Waals surface area contributed by atoms with Crippen LogP contribution < -0.4 is 0 Å². The molecular formula is C16H16FNO. The normalized spacial score (nSPS) is 10.5. The summed E-state index contributed by atoms with van der Waals surface area (Å²) >= 11 is 0. The molecule has 0 unspecified atom stereocenters. The minimum absolute atomic E-state index is 0.146. The van der Waals surface area contributed by atoms with Crippen LogP contribution in [0.5, 0.6) is 0 Å². The molecule has 1 aromatic heterocycles.